The number of halogens is 3. The summed E-state index contributed by atoms with van der Waals surface area (Å²) in [6, 6.07) is 0. The molecule has 1 aromatic rings. The van der Waals surface area contributed by atoms with Crippen LogP contribution in [-0.4, -0.2) is 64.5 Å². The maximum absolute atomic E-state index is 12.6. The second-order valence-electron chi connectivity index (χ2n) is 5.24. The molecule has 1 rings (SSSR count). The van der Waals surface area contributed by atoms with Crippen LogP contribution in [0.3, 0.4) is 0 Å². The fraction of sp³-hybridized carbons (Fsp3) is 0.467. The van der Waals surface area contributed by atoms with Crippen LogP contribution in [0.2, 0.25) is 0 Å². The van der Waals surface area contributed by atoms with E-state index in [1.807, 2.05) is 67.8 Å². The van der Waals surface area contributed by atoms with Gasteiger partial charge in [0, 0.05) is 41.7 Å². The fourth-order valence-corrected chi connectivity index (χ4v) is 7.04. The van der Waals surface area contributed by atoms with E-state index >= 15 is 0 Å². The van der Waals surface area contributed by atoms with E-state index in [0.717, 1.165) is 0 Å². The van der Waals surface area contributed by atoms with Crippen molar-refractivity contribution in [3.05, 3.63) is 21.8 Å². The third kappa shape index (κ3) is 5.68. The van der Waals surface area contributed by atoms with Gasteiger partial charge in [-0.3, -0.25) is 9.59 Å². The number of Topliss-reactive ketones (excluding diaryl/α,β-unsaturated/α-hetero) is 2. The Morgan fingerprint density at radius 2 is 1.24 bits per heavy atom. The van der Waals surface area contributed by atoms with E-state index < -0.39 is 25.4 Å². The van der Waals surface area contributed by atoms with Gasteiger partial charge in [0.25, 0.3) is 0 Å². The first-order valence-electron chi connectivity index (χ1n) is 7.21. The Balaban J connectivity index is 3.51. The van der Waals surface area contributed by atoms with Crippen LogP contribution in [0, 0.1) is 10.7 Å². The first kappa shape index (κ1) is 23.4. The van der Waals surface area contributed by atoms with Crippen molar-refractivity contribution < 1.29 is 30.0 Å². The molecule has 0 saturated carbocycles. The summed E-state index contributed by atoms with van der Waals surface area (Å²) in [7, 11) is 1.67. The van der Waals surface area contributed by atoms with Crippen molar-refractivity contribution >= 4 is 85.0 Å². The summed E-state index contributed by atoms with van der Waals surface area (Å²) < 4.78 is 1.65. The normalized spacial score (nSPS) is 13.4. The molecule has 0 amide bonds. The number of aliphatic hydroxyl groups excluding tert-OH is 4. The number of hydrogen-bond acceptors (Lipinski definition) is 7. The highest BCUT2D eigenvalue weighted by molar-refractivity contribution is 14.1. The van der Waals surface area contributed by atoms with Gasteiger partial charge in [0.05, 0.1) is 31.1 Å². The summed E-state index contributed by atoms with van der Waals surface area (Å²) in [4.78, 5) is 25.2. The van der Waals surface area contributed by atoms with Crippen molar-refractivity contribution in [1.29, 1.82) is 0 Å². The zero-order valence-corrected chi connectivity index (χ0v) is 19.7. The topological polar surface area (TPSA) is 127 Å². The number of aliphatic hydroxyl groups is 4. The number of rotatable bonds is 9. The van der Waals surface area contributed by atoms with Crippen LogP contribution in [0.1, 0.15) is 33.6 Å². The fourth-order valence-electron chi connectivity index (χ4n) is 2.13. The Morgan fingerprint density at radius 1 is 0.880 bits per heavy atom. The molecular formula is C15H18I3NO6. The maximum Gasteiger partial charge on any atom is 0.167 e. The molecule has 0 aromatic heterocycles. The second kappa shape index (κ2) is 10.7. The van der Waals surface area contributed by atoms with Crippen molar-refractivity contribution in [2.45, 2.75) is 25.0 Å². The third-order valence-electron chi connectivity index (χ3n) is 3.39. The Morgan fingerprint density at radius 3 is 1.52 bits per heavy atom. The monoisotopic (exact) mass is 689 g/mol. The third-order valence-corrected chi connectivity index (χ3v) is 6.62. The molecular weight excluding hydrogens is 671 g/mol. The molecule has 0 heterocycles. The second-order valence-corrected chi connectivity index (χ2v) is 8.48. The van der Waals surface area contributed by atoms with E-state index in [2.05, 4.69) is 5.32 Å². The predicted molar refractivity (Wildman–Crippen MR) is 118 cm³/mol. The molecule has 1 aromatic carbocycles. The molecule has 140 valence electrons. The number of ketones is 2. The zero-order chi connectivity index (χ0) is 19.3. The largest absolute Gasteiger partial charge is 0.394 e. The van der Waals surface area contributed by atoms with Gasteiger partial charge in [0.15, 0.2) is 11.6 Å². The molecule has 0 spiro atoms. The van der Waals surface area contributed by atoms with Crippen LogP contribution in [0.15, 0.2) is 0 Å². The highest BCUT2D eigenvalue weighted by atomic mass is 127. The summed E-state index contributed by atoms with van der Waals surface area (Å²) >= 11 is 5.91. The van der Waals surface area contributed by atoms with Gasteiger partial charge < -0.3 is 25.7 Å². The zero-order valence-electron chi connectivity index (χ0n) is 13.2. The summed E-state index contributed by atoms with van der Waals surface area (Å²) in [6.07, 6.45) is -2.88. The minimum atomic E-state index is -1.17. The molecule has 0 radical (unpaired) electrons. The lowest BCUT2D eigenvalue weighted by Crippen LogP contribution is -2.23. The number of benzene rings is 1. The molecule has 7 nitrogen and oxygen atoms in total. The van der Waals surface area contributed by atoms with Crippen LogP contribution < -0.4 is 5.32 Å². The van der Waals surface area contributed by atoms with Gasteiger partial charge in [-0.15, -0.1) is 0 Å². The van der Waals surface area contributed by atoms with Gasteiger partial charge in [-0.25, -0.2) is 0 Å². The van der Waals surface area contributed by atoms with E-state index in [0.29, 0.717) is 27.5 Å². The lowest BCUT2D eigenvalue weighted by atomic mass is 9.98. The van der Waals surface area contributed by atoms with Crippen LogP contribution >= 0.6 is 67.8 Å². The molecule has 0 aliphatic rings. The van der Waals surface area contributed by atoms with Crippen molar-refractivity contribution in [2.75, 3.05) is 25.6 Å². The minimum Gasteiger partial charge on any atom is -0.394 e. The van der Waals surface area contributed by atoms with Gasteiger partial charge >= 0.3 is 0 Å². The Bertz CT molecular complexity index is 616. The quantitative estimate of drug-likeness (QED) is 0.196. The molecule has 0 fully saturated rings. The van der Waals surface area contributed by atoms with Gasteiger partial charge in [0.1, 0.15) is 0 Å². The molecule has 0 aliphatic heterocycles. The number of nitrogens with one attached hydrogen (secondary N) is 1. The highest BCUT2D eigenvalue weighted by Crippen LogP contribution is 2.36. The summed E-state index contributed by atoms with van der Waals surface area (Å²) in [5.41, 5.74) is 1.19. The average Bonchev–Trinajstić information content (AvgIpc) is 2.54. The van der Waals surface area contributed by atoms with Gasteiger partial charge in [0.2, 0.25) is 0 Å². The van der Waals surface area contributed by atoms with Crippen LogP contribution in [0.25, 0.3) is 0 Å². The lowest BCUT2D eigenvalue weighted by molar-refractivity contribution is 0.0702. The molecule has 5 N–H and O–H groups in total. The number of carbonyl (C=O) groups is 2. The first-order chi connectivity index (χ1) is 11.7. The molecule has 25 heavy (non-hydrogen) atoms. The van der Waals surface area contributed by atoms with Crippen molar-refractivity contribution in [1.82, 2.24) is 0 Å². The van der Waals surface area contributed by atoms with Crippen molar-refractivity contribution in [3.8, 4) is 0 Å². The first-order valence-corrected chi connectivity index (χ1v) is 10.5. The van der Waals surface area contributed by atoms with E-state index in [-0.39, 0.29) is 24.4 Å². The molecule has 10 heteroatoms. The van der Waals surface area contributed by atoms with Crippen LogP contribution in [0.4, 0.5) is 5.69 Å². The predicted octanol–water partition coefficient (Wildman–Crippen LogP) is 1.39. The van der Waals surface area contributed by atoms with E-state index in [9.17, 15) is 19.8 Å². The molecule has 0 aliphatic carbocycles. The smallest absolute Gasteiger partial charge is 0.167 e. The average molecular weight is 689 g/mol. The summed E-state index contributed by atoms with van der Waals surface area (Å²) in [5, 5.41) is 40.0. The van der Waals surface area contributed by atoms with Crippen molar-refractivity contribution in [3.63, 3.8) is 0 Å². The van der Waals surface area contributed by atoms with Gasteiger partial charge in [-0.1, -0.05) is 0 Å². The standard InChI is InChI=1S/C15H18I3NO6/c1-19-15-13(17)10(8(24)2-6(22)4-20)12(16)11(14(15)18)9(25)3-7(23)5-21/h6-7,19-23H,2-5H2,1H3. The molecule has 2 atom stereocenters. The van der Waals surface area contributed by atoms with Crippen molar-refractivity contribution in [2.24, 2.45) is 0 Å². The van der Waals surface area contributed by atoms with Gasteiger partial charge in [-0.05, 0) is 67.8 Å². The van der Waals surface area contributed by atoms with E-state index in [1.54, 1.807) is 7.05 Å². The molecule has 0 saturated heterocycles. The Labute approximate surface area is 186 Å². The van der Waals surface area contributed by atoms with Crippen LogP contribution in [0.5, 0.6) is 0 Å². The number of carbonyl (C=O) groups excluding carboxylic acids is 2. The Kier molecular flexibility index (Phi) is 9.98. The highest BCUT2D eigenvalue weighted by Gasteiger charge is 2.28. The lowest BCUT2D eigenvalue weighted by Gasteiger charge is -2.19. The Hall–Kier alpha value is 0.390. The summed E-state index contributed by atoms with van der Waals surface area (Å²) in [5.74, 6) is -0.778. The summed E-state index contributed by atoms with van der Waals surface area (Å²) in [6.45, 7) is -1.06. The van der Waals surface area contributed by atoms with E-state index in [4.69, 9.17) is 10.2 Å². The molecule has 0 bridgehead atoms. The van der Waals surface area contributed by atoms with Gasteiger partial charge in [-0.2, -0.15) is 0 Å². The number of hydrogen-bond donors (Lipinski definition) is 5. The van der Waals surface area contributed by atoms with Crippen LogP contribution in [-0.2, 0) is 0 Å². The SMILES string of the molecule is CNc1c(I)c(C(=O)CC(O)CO)c(I)c(C(=O)CC(O)CO)c1I. The molecule has 2 unspecified atom stereocenters. The minimum absolute atomic E-state index is 0.265. The maximum atomic E-state index is 12.6. The number of anilines is 1. The van der Waals surface area contributed by atoms with E-state index in [1.165, 1.54) is 0 Å².